The van der Waals surface area contributed by atoms with Crippen LogP contribution in [0.5, 0.6) is 0 Å². The van der Waals surface area contributed by atoms with Crippen molar-refractivity contribution in [1.82, 2.24) is 4.98 Å². The molecular formula is C6H10N2O2S. The zero-order chi connectivity index (χ0) is 8.27. The molecule has 62 valence electrons. The molecule has 5 heteroatoms. The number of nitrogens with zero attached hydrogens (tertiary/aromatic N) is 1. The Morgan fingerprint density at radius 2 is 2.64 bits per heavy atom. The number of hydrogen-bond donors (Lipinski definition) is 2. The van der Waals surface area contributed by atoms with E-state index in [1.165, 1.54) is 11.3 Å². The number of rotatable bonds is 3. The van der Waals surface area contributed by atoms with Crippen LogP contribution in [0.2, 0.25) is 0 Å². The van der Waals surface area contributed by atoms with Crippen molar-refractivity contribution in [1.29, 1.82) is 0 Å². The summed E-state index contributed by atoms with van der Waals surface area (Å²) in [6.07, 6.45) is -0.937. The third-order valence-corrected chi connectivity index (χ3v) is 1.81. The maximum Gasteiger partial charge on any atom is 0.199 e. The van der Waals surface area contributed by atoms with Gasteiger partial charge in [-0.15, -0.1) is 11.3 Å². The average molecular weight is 174 g/mol. The molecule has 0 fully saturated rings. The summed E-state index contributed by atoms with van der Waals surface area (Å²) < 4.78 is 4.89. The lowest BCUT2D eigenvalue weighted by molar-refractivity contribution is -0.100. The van der Waals surface area contributed by atoms with Gasteiger partial charge in [0.05, 0.1) is 0 Å². The van der Waals surface area contributed by atoms with Gasteiger partial charge in [-0.2, -0.15) is 0 Å². The number of anilines is 1. The second-order valence-corrected chi connectivity index (χ2v) is 2.81. The van der Waals surface area contributed by atoms with Crippen molar-refractivity contribution in [3.8, 4) is 0 Å². The molecule has 1 atom stereocenters. The zero-order valence-electron chi connectivity index (χ0n) is 6.15. The summed E-state index contributed by atoms with van der Waals surface area (Å²) in [5, 5.41) is 11.3. The van der Waals surface area contributed by atoms with Crippen molar-refractivity contribution in [2.75, 3.05) is 12.3 Å². The van der Waals surface area contributed by atoms with Gasteiger partial charge in [-0.3, -0.25) is 0 Å². The van der Waals surface area contributed by atoms with Crippen LogP contribution in [-0.4, -0.2) is 16.7 Å². The molecule has 1 aromatic heterocycles. The summed E-state index contributed by atoms with van der Waals surface area (Å²) in [7, 11) is 0. The number of nitrogens with two attached hydrogens (primary N) is 1. The van der Waals surface area contributed by atoms with Crippen LogP contribution in [0.25, 0.3) is 0 Å². The van der Waals surface area contributed by atoms with Crippen LogP contribution < -0.4 is 5.73 Å². The van der Waals surface area contributed by atoms with Gasteiger partial charge in [0.25, 0.3) is 0 Å². The summed E-state index contributed by atoms with van der Waals surface area (Å²) in [6.45, 7) is 2.26. The van der Waals surface area contributed by atoms with Crippen LogP contribution in [0.4, 0.5) is 5.13 Å². The molecule has 11 heavy (non-hydrogen) atoms. The van der Waals surface area contributed by atoms with Crippen molar-refractivity contribution in [3.05, 3.63) is 11.1 Å². The second kappa shape index (κ2) is 3.66. The number of nitrogen functional groups attached to an aromatic ring is 1. The lowest BCUT2D eigenvalue weighted by Crippen LogP contribution is -2.03. The van der Waals surface area contributed by atoms with E-state index in [-0.39, 0.29) is 0 Å². The van der Waals surface area contributed by atoms with Gasteiger partial charge in [0, 0.05) is 12.0 Å². The normalized spacial score (nSPS) is 13.3. The van der Waals surface area contributed by atoms with E-state index in [9.17, 15) is 5.11 Å². The summed E-state index contributed by atoms with van der Waals surface area (Å²) in [4.78, 5) is 3.85. The summed E-state index contributed by atoms with van der Waals surface area (Å²) in [6, 6.07) is 0. The molecule has 0 spiro atoms. The van der Waals surface area contributed by atoms with Gasteiger partial charge >= 0.3 is 0 Å². The highest BCUT2D eigenvalue weighted by molar-refractivity contribution is 7.13. The molecule has 1 rings (SSSR count). The van der Waals surface area contributed by atoms with Crippen molar-refractivity contribution in [2.24, 2.45) is 0 Å². The Morgan fingerprint density at radius 1 is 1.91 bits per heavy atom. The Hall–Kier alpha value is -0.650. The molecule has 0 saturated heterocycles. The molecule has 4 nitrogen and oxygen atoms in total. The van der Waals surface area contributed by atoms with Gasteiger partial charge in [-0.05, 0) is 6.92 Å². The van der Waals surface area contributed by atoms with Crippen LogP contribution in [-0.2, 0) is 4.74 Å². The van der Waals surface area contributed by atoms with E-state index in [0.29, 0.717) is 17.4 Å². The van der Waals surface area contributed by atoms with Crippen molar-refractivity contribution in [3.63, 3.8) is 0 Å². The van der Waals surface area contributed by atoms with Crippen molar-refractivity contribution >= 4 is 16.5 Å². The molecule has 0 aromatic carbocycles. The Morgan fingerprint density at radius 3 is 3.09 bits per heavy atom. The predicted molar refractivity (Wildman–Crippen MR) is 43.1 cm³/mol. The first-order valence-corrected chi connectivity index (χ1v) is 4.12. The lowest BCUT2D eigenvalue weighted by Gasteiger charge is -2.05. The highest BCUT2D eigenvalue weighted by Crippen LogP contribution is 2.18. The molecule has 0 saturated carbocycles. The molecule has 1 aromatic rings. The molecule has 0 radical (unpaired) electrons. The minimum Gasteiger partial charge on any atom is -0.375 e. The molecule has 0 amide bonds. The highest BCUT2D eigenvalue weighted by Gasteiger charge is 2.09. The highest BCUT2D eigenvalue weighted by atomic mass is 32.1. The van der Waals surface area contributed by atoms with Crippen molar-refractivity contribution in [2.45, 2.75) is 13.2 Å². The second-order valence-electron chi connectivity index (χ2n) is 1.92. The monoisotopic (exact) mass is 174 g/mol. The molecule has 3 N–H and O–H groups in total. The van der Waals surface area contributed by atoms with Gasteiger partial charge in [-0.25, -0.2) is 4.98 Å². The number of thiazole rings is 1. The van der Waals surface area contributed by atoms with E-state index in [1.54, 1.807) is 12.3 Å². The number of ether oxygens (including phenoxy) is 1. The van der Waals surface area contributed by atoms with Crippen LogP contribution in [0.1, 0.15) is 18.9 Å². The third-order valence-electron chi connectivity index (χ3n) is 1.12. The first-order chi connectivity index (χ1) is 5.24. The van der Waals surface area contributed by atoms with Crippen LogP contribution in [0.3, 0.4) is 0 Å². The number of aromatic nitrogens is 1. The number of aliphatic hydroxyl groups is 1. The quantitative estimate of drug-likeness (QED) is 0.663. The van der Waals surface area contributed by atoms with E-state index >= 15 is 0 Å². The number of hydrogen-bond acceptors (Lipinski definition) is 5. The van der Waals surface area contributed by atoms with Crippen LogP contribution in [0, 0.1) is 0 Å². The first-order valence-electron chi connectivity index (χ1n) is 3.24. The first kappa shape index (κ1) is 8.45. The minimum atomic E-state index is -0.937. The molecule has 1 unspecified atom stereocenters. The maximum absolute atomic E-state index is 9.20. The van der Waals surface area contributed by atoms with Crippen LogP contribution in [0.15, 0.2) is 5.38 Å². The SMILES string of the molecule is CCOC(O)c1csc(N)n1. The van der Waals surface area contributed by atoms with E-state index < -0.39 is 6.29 Å². The lowest BCUT2D eigenvalue weighted by atomic mass is 10.5. The third kappa shape index (κ3) is 2.14. The maximum atomic E-state index is 9.20. The Bertz CT molecular complexity index is 226. The van der Waals surface area contributed by atoms with E-state index in [0.717, 1.165) is 0 Å². The smallest absolute Gasteiger partial charge is 0.199 e. The fourth-order valence-corrected chi connectivity index (χ4v) is 1.23. The molecule has 1 heterocycles. The van der Waals surface area contributed by atoms with E-state index in [1.807, 2.05) is 0 Å². The Balaban J connectivity index is 2.60. The number of aliphatic hydroxyl groups excluding tert-OH is 1. The largest absolute Gasteiger partial charge is 0.375 e. The van der Waals surface area contributed by atoms with Gasteiger partial charge in [0.15, 0.2) is 11.4 Å². The molecule has 0 aliphatic rings. The topological polar surface area (TPSA) is 68.4 Å². The van der Waals surface area contributed by atoms with Gasteiger partial charge < -0.3 is 15.6 Å². The van der Waals surface area contributed by atoms with Crippen molar-refractivity contribution < 1.29 is 9.84 Å². The van der Waals surface area contributed by atoms with Gasteiger partial charge in [-0.1, -0.05) is 0 Å². The molecule has 0 aliphatic carbocycles. The van der Waals surface area contributed by atoms with E-state index in [2.05, 4.69) is 4.98 Å². The molecular weight excluding hydrogens is 164 g/mol. The molecule has 0 bridgehead atoms. The molecule has 0 aliphatic heterocycles. The van der Waals surface area contributed by atoms with Crippen LogP contribution >= 0.6 is 11.3 Å². The Labute approximate surface area is 68.6 Å². The van der Waals surface area contributed by atoms with E-state index in [4.69, 9.17) is 10.5 Å². The fraction of sp³-hybridized carbons (Fsp3) is 0.500. The average Bonchev–Trinajstić information content (AvgIpc) is 2.36. The zero-order valence-corrected chi connectivity index (χ0v) is 6.97. The standard InChI is InChI=1S/C6H10N2O2S/c1-2-10-5(9)4-3-11-6(7)8-4/h3,5,9H,2H2,1H3,(H2,7,8). The fourth-order valence-electron chi connectivity index (χ4n) is 0.657. The summed E-state index contributed by atoms with van der Waals surface area (Å²) in [5.41, 5.74) is 5.83. The van der Waals surface area contributed by atoms with Gasteiger partial charge in [0.2, 0.25) is 0 Å². The Kier molecular flexibility index (Phi) is 2.81. The summed E-state index contributed by atoms with van der Waals surface area (Å²) in [5.74, 6) is 0. The predicted octanol–water partition coefficient (Wildman–Crippen LogP) is 0.753. The van der Waals surface area contributed by atoms with Gasteiger partial charge in [0.1, 0.15) is 5.69 Å². The summed E-state index contributed by atoms with van der Waals surface area (Å²) >= 11 is 1.29. The minimum absolute atomic E-state index is 0.443.